The van der Waals surface area contributed by atoms with Gasteiger partial charge in [-0.3, -0.25) is 4.79 Å². The van der Waals surface area contributed by atoms with E-state index < -0.39 is 0 Å². The second-order valence-electron chi connectivity index (χ2n) is 5.51. The maximum Gasteiger partial charge on any atom is 0.217 e. The number of hydrogen-bond acceptors (Lipinski definition) is 1. The van der Waals surface area contributed by atoms with Crippen molar-refractivity contribution in [1.82, 2.24) is 0 Å². The van der Waals surface area contributed by atoms with Gasteiger partial charge in [0.05, 0.1) is 0 Å². The van der Waals surface area contributed by atoms with E-state index in [0.29, 0.717) is 6.42 Å². The standard InChI is InChI=1S/C14H27NO/c1-2-3-4-6-9-14(12-13(15)16)10-7-5-8-11-14/h2-12H2,1H3,(H2,15,16). The van der Waals surface area contributed by atoms with Gasteiger partial charge in [0.15, 0.2) is 0 Å². The minimum Gasteiger partial charge on any atom is -0.370 e. The molecular formula is C14H27NO. The first-order valence-corrected chi connectivity index (χ1v) is 6.97. The minimum atomic E-state index is -0.0996. The molecule has 0 heterocycles. The van der Waals surface area contributed by atoms with E-state index in [1.165, 1.54) is 64.2 Å². The Balaban J connectivity index is 2.39. The van der Waals surface area contributed by atoms with Gasteiger partial charge in [-0.1, -0.05) is 51.9 Å². The van der Waals surface area contributed by atoms with Crippen molar-refractivity contribution < 1.29 is 4.79 Å². The Morgan fingerprint density at radius 1 is 1.12 bits per heavy atom. The summed E-state index contributed by atoms with van der Waals surface area (Å²) in [5.74, 6) is -0.0996. The van der Waals surface area contributed by atoms with Crippen LogP contribution < -0.4 is 5.73 Å². The van der Waals surface area contributed by atoms with E-state index in [9.17, 15) is 4.79 Å². The Bertz CT molecular complexity index is 207. The van der Waals surface area contributed by atoms with Crippen molar-refractivity contribution in [2.45, 2.75) is 77.6 Å². The highest BCUT2D eigenvalue weighted by Crippen LogP contribution is 2.43. The first-order valence-electron chi connectivity index (χ1n) is 6.97. The summed E-state index contributed by atoms with van der Waals surface area (Å²) in [5, 5.41) is 0. The fourth-order valence-corrected chi connectivity index (χ4v) is 3.11. The first-order chi connectivity index (χ1) is 7.68. The Labute approximate surface area is 100.0 Å². The largest absolute Gasteiger partial charge is 0.370 e. The van der Waals surface area contributed by atoms with Gasteiger partial charge in [0, 0.05) is 6.42 Å². The van der Waals surface area contributed by atoms with Crippen molar-refractivity contribution in [3.63, 3.8) is 0 Å². The lowest BCUT2D eigenvalue weighted by molar-refractivity contribution is -0.121. The van der Waals surface area contributed by atoms with E-state index >= 15 is 0 Å². The molecule has 0 radical (unpaired) electrons. The number of amides is 1. The molecule has 0 aliphatic heterocycles. The Morgan fingerprint density at radius 2 is 1.81 bits per heavy atom. The average molecular weight is 225 g/mol. The lowest BCUT2D eigenvalue weighted by Crippen LogP contribution is -2.30. The second kappa shape index (κ2) is 6.93. The zero-order valence-corrected chi connectivity index (χ0v) is 10.8. The Hall–Kier alpha value is -0.530. The molecule has 1 amide bonds. The van der Waals surface area contributed by atoms with Crippen LogP contribution in [0.25, 0.3) is 0 Å². The maximum atomic E-state index is 11.2. The van der Waals surface area contributed by atoms with Gasteiger partial charge in [-0.05, 0) is 24.7 Å². The van der Waals surface area contributed by atoms with Crippen molar-refractivity contribution in [3.05, 3.63) is 0 Å². The molecule has 2 heteroatoms. The molecule has 1 rings (SSSR count). The van der Waals surface area contributed by atoms with Crippen molar-refractivity contribution in [1.29, 1.82) is 0 Å². The molecule has 1 aliphatic carbocycles. The smallest absolute Gasteiger partial charge is 0.217 e. The van der Waals surface area contributed by atoms with Gasteiger partial charge in [-0.15, -0.1) is 0 Å². The van der Waals surface area contributed by atoms with Crippen LogP contribution in [0.2, 0.25) is 0 Å². The highest BCUT2D eigenvalue weighted by atomic mass is 16.1. The number of carbonyl (C=O) groups is 1. The first kappa shape index (κ1) is 13.5. The number of hydrogen-bond donors (Lipinski definition) is 1. The number of rotatable bonds is 7. The summed E-state index contributed by atoms with van der Waals surface area (Å²) in [6.45, 7) is 2.24. The van der Waals surface area contributed by atoms with E-state index in [0.717, 1.165) is 0 Å². The van der Waals surface area contributed by atoms with E-state index in [1.54, 1.807) is 0 Å². The van der Waals surface area contributed by atoms with Crippen LogP contribution >= 0.6 is 0 Å². The summed E-state index contributed by atoms with van der Waals surface area (Å²) in [7, 11) is 0. The zero-order valence-electron chi connectivity index (χ0n) is 10.8. The van der Waals surface area contributed by atoms with Crippen molar-refractivity contribution in [3.8, 4) is 0 Å². The molecule has 2 nitrogen and oxygen atoms in total. The molecule has 94 valence electrons. The van der Waals surface area contributed by atoms with E-state index in [1.807, 2.05) is 0 Å². The number of nitrogens with two attached hydrogens (primary N) is 1. The van der Waals surface area contributed by atoms with Gasteiger partial charge in [0.1, 0.15) is 0 Å². The topological polar surface area (TPSA) is 43.1 Å². The quantitative estimate of drug-likeness (QED) is 0.658. The molecule has 0 bridgehead atoms. The fourth-order valence-electron chi connectivity index (χ4n) is 3.11. The summed E-state index contributed by atoms with van der Waals surface area (Å²) in [4.78, 5) is 11.2. The molecule has 16 heavy (non-hydrogen) atoms. The van der Waals surface area contributed by atoms with Gasteiger partial charge in [-0.2, -0.15) is 0 Å². The van der Waals surface area contributed by atoms with Gasteiger partial charge in [0.25, 0.3) is 0 Å². The van der Waals surface area contributed by atoms with Crippen LogP contribution in [0.5, 0.6) is 0 Å². The van der Waals surface area contributed by atoms with Crippen LogP contribution in [-0.4, -0.2) is 5.91 Å². The minimum absolute atomic E-state index is 0.0996. The molecule has 0 aromatic rings. The Kier molecular flexibility index (Phi) is 5.86. The summed E-state index contributed by atoms with van der Waals surface area (Å²) < 4.78 is 0. The maximum absolute atomic E-state index is 11.2. The molecule has 0 unspecified atom stereocenters. The third-order valence-electron chi connectivity index (χ3n) is 4.02. The normalized spacial score (nSPS) is 19.6. The third-order valence-corrected chi connectivity index (χ3v) is 4.02. The molecule has 1 fully saturated rings. The van der Waals surface area contributed by atoms with E-state index in [-0.39, 0.29) is 11.3 Å². The number of unbranched alkanes of at least 4 members (excludes halogenated alkanes) is 3. The van der Waals surface area contributed by atoms with Gasteiger partial charge < -0.3 is 5.73 Å². The summed E-state index contributed by atoms with van der Waals surface area (Å²) in [5.41, 5.74) is 5.68. The van der Waals surface area contributed by atoms with Crippen molar-refractivity contribution in [2.75, 3.05) is 0 Å². The van der Waals surface area contributed by atoms with E-state index in [4.69, 9.17) is 5.73 Å². The van der Waals surface area contributed by atoms with Gasteiger partial charge in [-0.25, -0.2) is 0 Å². The number of primary amides is 1. The molecule has 1 aliphatic rings. The Morgan fingerprint density at radius 3 is 2.38 bits per heavy atom. The molecular weight excluding hydrogens is 198 g/mol. The highest BCUT2D eigenvalue weighted by molar-refractivity contribution is 5.74. The summed E-state index contributed by atoms with van der Waals surface area (Å²) in [6, 6.07) is 0. The van der Waals surface area contributed by atoms with Crippen LogP contribution in [0, 0.1) is 5.41 Å². The molecule has 0 aromatic carbocycles. The molecule has 0 aromatic heterocycles. The van der Waals surface area contributed by atoms with Crippen molar-refractivity contribution in [2.24, 2.45) is 11.1 Å². The number of carbonyl (C=O) groups excluding carboxylic acids is 1. The lowest BCUT2D eigenvalue weighted by atomic mass is 9.68. The molecule has 2 N–H and O–H groups in total. The summed E-state index contributed by atoms with van der Waals surface area (Å²) in [6.07, 6.45) is 13.4. The fraction of sp³-hybridized carbons (Fsp3) is 0.929. The lowest BCUT2D eigenvalue weighted by Gasteiger charge is -2.36. The van der Waals surface area contributed by atoms with Crippen molar-refractivity contribution >= 4 is 5.91 Å². The van der Waals surface area contributed by atoms with Gasteiger partial charge >= 0.3 is 0 Å². The van der Waals surface area contributed by atoms with Crippen LogP contribution in [0.3, 0.4) is 0 Å². The van der Waals surface area contributed by atoms with Gasteiger partial charge in [0.2, 0.25) is 5.91 Å². The molecule has 1 saturated carbocycles. The van der Waals surface area contributed by atoms with Crippen LogP contribution in [0.15, 0.2) is 0 Å². The monoisotopic (exact) mass is 225 g/mol. The summed E-state index contributed by atoms with van der Waals surface area (Å²) >= 11 is 0. The second-order valence-corrected chi connectivity index (χ2v) is 5.51. The predicted octanol–water partition coefficient (Wildman–Crippen LogP) is 3.78. The van der Waals surface area contributed by atoms with E-state index in [2.05, 4.69) is 6.92 Å². The predicted molar refractivity (Wildman–Crippen MR) is 68.1 cm³/mol. The van der Waals surface area contributed by atoms with Crippen LogP contribution in [-0.2, 0) is 4.79 Å². The highest BCUT2D eigenvalue weighted by Gasteiger charge is 2.32. The third kappa shape index (κ3) is 4.54. The average Bonchev–Trinajstić information content (AvgIpc) is 2.25. The molecule has 0 spiro atoms. The molecule has 0 atom stereocenters. The molecule has 0 saturated heterocycles. The van der Waals surface area contributed by atoms with Crippen LogP contribution in [0.1, 0.15) is 77.6 Å². The zero-order chi connectivity index (χ0) is 11.9. The SMILES string of the molecule is CCCCCCC1(CC(N)=O)CCCCC1. The van der Waals surface area contributed by atoms with Crippen LogP contribution in [0.4, 0.5) is 0 Å².